The lowest BCUT2D eigenvalue weighted by Gasteiger charge is -2.12. The number of halogens is 1. The van der Waals surface area contributed by atoms with Crippen LogP contribution in [0.2, 0.25) is 0 Å². The molecule has 2 aromatic rings. The molecule has 0 aliphatic heterocycles. The van der Waals surface area contributed by atoms with E-state index in [2.05, 4.69) is 26.8 Å². The number of carbonyl (C=O) groups is 2. The third-order valence-electron chi connectivity index (χ3n) is 2.84. The van der Waals surface area contributed by atoms with Crippen LogP contribution in [0.3, 0.4) is 0 Å². The maximum atomic E-state index is 12.0. The van der Waals surface area contributed by atoms with Crippen LogP contribution in [0.4, 0.5) is 0 Å². The van der Waals surface area contributed by atoms with Crippen LogP contribution in [0, 0.1) is 0 Å². The molecular formula is C15H15BrN2O3S2. The second-order valence-electron chi connectivity index (χ2n) is 4.48. The molecule has 0 saturated heterocycles. The van der Waals surface area contributed by atoms with Crippen molar-refractivity contribution in [3.05, 3.63) is 45.1 Å². The van der Waals surface area contributed by atoms with E-state index in [0.717, 1.165) is 14.4 Å². The number of ether oxygens (including phenoxy) is 1. The summed E-state index contributed by atoms with van der Waals surface area (Å²) in [5, 5.41) is -0.348. The predicted octanol–water partition coefficient (Wildman–Crippen LogP) is 3.46. The van der Waals surface area contributed by atoms with Gasteiger partial charge in [0.1, 0.15) is 5.75 Å². The highest BCUT2D eigenvalue weighted by Gasteiger charge is 2.16. The van der Waals surface area contributed by atoms with Crippen molar-refractivity contribution in [2.75, 3.05) is 7.11 Å². The summed E-state index contributed by atoms with van der Waals surface area (Å²) in [6, 6.07) is 10.9. The monoisotopic (exact) mass is 414 g/mol. The number of amides is 2. The number of carbonyl (C=O) groups excluding carboxylic acids is 2. The molecule has 2 amide bonds. The third kappa shape index (κ3) is 5.26. The van der Waals surface area contributed by atoms with Gasteiger partial charge in [0.25, 0.3) is 11.8 Å². The fourth-order valence-corrected chi connectivity index (χ4v) is 3.78. The SMILES string of the molecule is COc1ccc(SC(C)C(=O)NNC(=O)c2ccc(Br)s2)cc1. The number of benzene rings is 1. The molecule has 122 valence electrons. The molecule has 1 aromatic carbocycles. The van der Waals surface area contributed by atoms with Crippen LogP contribution < -0.4 is 15.6 Å². The van der Waals surface area contributed by atoms with Crippen molar-refractivity contribution in [1.29, 1.82) is 0 Å². The Hall–Kier alpha value is -1.51. The maximum absolute atomic E-state index is 12.0. The van der Waals surface area contributed by atoms with Gasteiger partial charge in [0.15, 0.2) is 0 Å². The Morgan fingerprint density at radius 3 is 2.43 bits per heavy atom. The number of nitrogens with one attached hydrogen (secondary N) is 2. The van der Waals surface area contributed by atoms with E-state index in [0.29, 0.717) is 4.88 Å². The van der Waals surface area contributed by atoms with E-state index in [4.69, 9.17) is 4.74 Å². The normalized spacial score (nSPS) is 11.6. The summed E-state index contributed by atoms with van der Waals surface area (Å²) in [7, 11) is 1.60. The van der Waals surface area contributed by atoms with Gasteiger partial charge in [-0.25, -0.2) is 0 Å². The van der Waals surface area contributed by atoms with Crippen molar-refractivity contribution in [1.82, 2.24) is 10.9 Å². The van der Waals surface area contributed by atoms with Gasteiger partial charge in [-0.2, -0.15) is 0 Å². The quantitative estimate of drug-likeness (QED) is 0.580. The highest BCUT2D eigenvalue weighted by atomic mass is 79.9. The average molecular weight is 415 g/mol. The molecule has 5 nitrogen and oxygen atoms in total. The maximum Gasteiger partial charge on any atom is 0.279 e. The number of methoxy groups -OCH3 is 1. The number of hydrogen-bond donors (Lipinski definition) is 2. The Kier molecular flexibility index (Phi) is 6.49. The van der Waals surface area contributed by atoms with Gasteiger partial charge < -0.3 is 4.74 Å². The van der Waals surface area contributed by atoms with Crippen LogP contribution in [0.25, 0.3) is 0 Å². The summed E-state index contributed by atoms with van der Waals surface area (Å²) in [6.45, 7) is 1.78. The lowest BCUT2D eigenvalue weighted by Crippen LogP contribution is -2.44. The van der Waals surface area contributed by atoms with Crippen LogP contribution in [-0.2, 0) is 4.79 Å². The van der Waals surface area contributed by atoms with Crippen molar-refractivity contribution in [2.45, 2.75) is 17.1 Å². The first-order valence-electron chi connectivity index (χ1n) is 6.66. The molecule has 1 atom stereocenters. The first-order valence-corrected chi connectivity index (χ1v) is 9.14. The van der Waals surface area contributed by atoms with E-state index in [1.807, 2.05) is 24.3 Å². The van der Waals surface area contributed by atoms with Crippen molar-refractivity contribution < 1.29 is 14.3 Å². The van der Waals surface area contributed by atoms with E-state index >= 15 is 0 Å². The number of rotatable bonds is 5. The largest absolute Gasteiger partial charge is 0.497 e. The molecule has 8 heteroatoms. The van der Waals surface area contributed by atoms with Crippen molar-refractivity contribution >= 4 is 50.8 Å². The van der Waals surface area contributed by atoms with Crippen molar-refractivity contribution in [3.63, 3.8) is 0 Å². The van der Waals surface area contributed by atoms with Gasteiger partial charge >= 0.3 is 0 Å². The zero-order valence-electron chi connectivity index (χ0n) is 12.5. The Bertz CT molecular complexity index is 688. The van der Waals surface area contributed by atoms with E-state index in [-0.39, 0.29) is 17.1 Å². The second-order valence-corrected chi connectivity index (χ2v) is 8.36. The summed E-state index contributed by atoms with van der Waals surface area (Å²) in [6.07, 6.45) is 0. The van der Waals surface area contributed by atoms with E-state index in [9.17, 15) is 9.59 Å². The fourth-order valence-electron chi connectivity index (χ4n) is 1.63. The number of hydrazine groups is 1. The van der Waals surface area contributed by atoms with Crippen LogP contribution in [-0.4, -0.2) is 24.2 Å². The highest BCUT2D eigenvalue weighted by Crippen LogP contribution is 2.25. The molecule has 0 fully saturated rings. The molecule has 2 N–H and O–H groups in total. The highest BCUT2D eigenvalue weighted by molar-refractivity contribution is 9.11. The number of thioether (sulfide) groups is 1. The Labute approximate surface area is 150 Å². The molecule has 2 rings (SSSR count). The molecule has 0 bridgehead atoms. The minimum absolute atomic E-state index is 0.269. The summed E-state index contributed by atoms with van der Waals surface area (Å²) in [5.41, 5.74) is 4.85. The van der Waals surface area contributed by atoms with E-state index in [1.54, 1.807) is 26.2 Å². The Morgan fingerprint density at radius 1 is 1.17 bits per heavy atom. The molecule has 0 aliphatic rings. The van der Waals surface area contributed by atoms with Gasteiger partial charge in [-0.1, -0.05) is 0 Å². The van der Waals surface area contributed by atoms with E-state index in [1.165, 1.54) is 23.1 Å². The molecule has 0 spiro atoms. The average Bonchev–Trinajstić information content (AvgIpc) is 2.99. The lowest BCUT2D eigenvalue weighted by atomic mass is 10.3. The van der Waals surface area contributed by atoms with Crippen molar-refractivity contribution in [2.24, 2.45) is 0 Å². The van der Waals surface area contributed by atoms with Gasteiger partial charge in [0, 0.05) is 4.90 Å². The minimum atomic E-state index is -0.348. The van der Waals surface area contributed by atoms with Crippen LogP contribution in [0.15, 0.2) is 45.1 Å². The molecule has 0 aliphatic carbocycles. The Morgan fingerprint density at radius 2 is 1.87 bits per heavy atom. The van der Waals surface area contributed by atoms with Crippen molar-refractivity contribution in [3.8, 4) is 5.75 Å². The van der Waals surface area contributed by atoms with E-state index < -0.39 is 0 Å². The smallest absolute Gasteiger partial charge is 0.279 e. The zero-order chi connectivity index (χ0) is 16.8. The van der Waals surface area contributed by atoms with Gasteiger partial charge in [-0.3, -0.25) is 20.4 Å². The second kappa shape index (κ2) is 8.37. The summed E-state index contributed by atoms with van der Waals surface area (Å²) in [4.78, 5) is 25.4. The molecule has 1 unspecified atom stereocenters. The minimum Gasteiger partial charge on any atom is -0.497 e. The molecule has 0 saturated carbocycles. The summed E-state index contributed by atoms with van der Waals surface area (Å²) >= 11 is 5.99. The molecule has 23 heavy (non-hydrogen) atoms. The lowest BCUT2D eigenvalue weighted by molar-refractivity contribution is -0.121. The van der Waals surface area contributed by atoms with Crippen LogP contribution in [0.1, 0.15) is 16.6 Å². The zero-order valence-corrected chi connectivity index (χ0v) is 15.7. The van der Waals surface area contributed by atoms with Gasteiger partial charge in [-0.05, 0) is 59.3 Å². The molecular weight excluding hydrogens is 400 g/mol. The van der Waals surface area contributed by atoms with Gasteiger partial charge in [0.05, 0.1) is 21.0 Å². The summed E-state index contributed by atoms with van der Waals surface area (Å²) < 4.78 is 5.95. The topological polar surface area (TPSA) is 67.4 Å². The number of hydrogen-bond acceptors (Lipinski definition) is 5. The molecule has 0 radical (unpaired) electrons. The number of thiophene rings is 1. The Balaban J connectivity index is 1.83. The molecule has 1 aromatic heterocycles. The predicted molar refractivity (Wildman–Crippen MR) is 95.9 cm³/mol. The summed E-state index contributed by atoms with van der Waals surface area (Å²) in [5.74, 6) is 0.159. The molecule has 1 heterocycles. The van der Waals surface area contributed by atoms with Crippen LogP contribution in [0.5, 0.6) is 5.75 Å². The van der Waals surface area contributed by atoms with Crippen LogP contribution >= 0.6 is 39.0 Å². The third-order valence-corrected chi connectivity index (χ3v) is 5.57. The first kappa shape index (κ1) is 17.8. The standard InChI is InChI=1S/C15H15BrN2O3S2/c1-9(22-11-5-3-10(21-2)4-6-11)14(19)17-18-15(20)12-7-8-13(16)23-12/h3-9H,1-2H3,(H,17,19)(H,18,20). The van der Waals surface area contributed by atoms with Gasteiger partial charge in [0.2, 0.25) is 0 Å². The fraction of sp³-hybridized carbons (Fsp3) is 0.200. The first-order chi connectivity index (χ1) is 11.0. The van der Waals surface area contributed by atoms with Gasteiger partial charge in [-0.15, -0.1) is 23.1 Å².